The Hall–Kier alpha value is -1.89. The van der Waals surface area contributed by atoms with Crippen molar-refractivity contribution < 1.29 is 9.47 Å². The summed E-state index contributed by atoms with van der Waals surface area (Å²) in [6.07, 6.45) is 0.919. The predicted octanol–water partition coefficient (Wildman–Crippen LogP) is 4.91. The molecule has 0 saturated heterocycles. The van der Waals surface area contributed by atoms with Crippen molar-refractivity contribution in [3.63, 3.8) is 0 Å². The van der Waals surface area contributed by atoms with Gasteiger partial charge in [-0.1, -0.05) is 12.1 Å². The van der Waals surface area contributed by atoms with E-state index < -0.39 is 0 Å². The zero-order chi connectivity index (χ0) is 18.5. The third kappa shape index (κ3) is 4.26. The Labute approximate surface area is 162 Å². The van der Waals surface area contributed by atoms with Crippen molar-refractivity contribution in [2.24, 2.45) is 0 Å². The molecule has 0 saturated carbocycles. The van der Waals surface area contributed by atoms with Crippen LogP contribution in [0.2, 0.25) is 0 Å². The average molecular weight is 389 g/mol. The van der Waals surface area contributed by atoms with Crippen LogP contribution in [-0.4, -0.2) is 19.2 Å². The Bertz CT molecular complexity index is 824. The molecule has 4 nitrogen and oxygen atoms in total. The molecule has 1 unspecified atom stereocenters. The molecular weight excluding hydrogens is 364 g/mol. The Morgan fingerprint density at radius 2 is 2.00 bits per heavy atom. The van der Waals surface area contributed by atoms with Gasteiger partial charge in [0.1, 0.15) is 5.01 Å². The molecule has 0 spiro atoms. The molecule has 1 atom stereocenters. The maximum atomic E-state index is 5.56. The molecule has 1 N–H and O–H groups in total. The van der Waals surface area contributed by atoms with E-state index in [1.807, 2.05) is 12.1 Å². The van der Waals surface area contributed by atoms with Gasteiger partial charge in [-0.2, -0.15) is 11.3 Å². The van der Waals surface area contributed by atoms with Crippen LogP contribution in [0.25, 0.3) is 0 Å². The van der Waals surface area contributed by atoms with Crippen LogP contribution >= 0.6 is 22.7 Å². The van der Waals surface area contributed by atoms with E-state index in [4.69, 9.17) is 14.5 Å². The van der Waals surface area contributed by atoms with Gasteiger partial charge >= 0.3 is 0 Å². The molecule has 0 amide bonds. The maximum Gasteiger partial charge on any atom is 0.165 e. The summed E-state index contributed by atoms with van der Waals surface area (Å²) in [5, 5.41) is 9.13. The third-order valence-corrected chi connectivity index (χ3v) is 6.31. The van der Waals surface area contributed by atoms with Crippen molar-refractivity contribution in [3.8, 4) is 11.5 Å². The van der Waals surface area contributed by atoms with E-state index in [0.717, 1.165) is 34.2 Å². The lowest BCUT2D eigenvalue weighted by molar-refractivity contribution is 0.349. The summed E-state index contributed by atoms with van der Waals surface area (Å²) >= 11 is 3.50. The van der Waals surface area contributed by atoms with Crippen molar-refractivity contribution in [1.29, 1.82) is 0 Å². The Morgan fingerprint density at radius 1 is 1.15 bits per heavy atom. The topological polar surface area (TPSA) is 43.4 Å². The summed E-state index contributed by atoms with van der Waals surface area (Å²) in [5.41, 5.74) is 3.52. The van der Waals surface area contributed by atoms with Gasteiger partial charge in [0.2, 0.25) is 0 Å². The fraction of sp³-hybridized carbons (Fsp3) is 0.350. The number of hydrogen-bond acceptors (Lipinski definition) is 6. The molecule has 0 fully saturated rings. The van der Waals surface area contributed by atoms with Gasteiger partial charge in [-0.15, -0.1) is 11.3 Å². The van der Waals surface area contributed by atoms with Crippen molar-refractivity contribution >= 4 is 22.7 Å². The molecule has 1 aromatic carbocycles. The first-order valence-corrected chi connectivity index (χ1v) is 10.3. The van der Waals surface area contributed by atoms with Crippen molar-refractivity contribution in [1.82, 2.24) is 10.3 Å². The maximum absolute atomic E-state index is 5.56. The van der Waals surface area contributed by atoms with Crippen LogP contribution in [0.5, 0.6) is 11.5 Å². The lowest BCUT2D eigenvalue weighted by atomic mass is 10.1. The second-order valence-corrected chi connectivity index (χ2v) is 8.13. The summed E-state index contributed by atoms with van der Waals surface area (Å²) in [7, 11) is 3.34. The number of para-hydroxylation sites is 1. The molecule has 0 aliphatic carbocycles. The van der Waals surface area contributed by atoms with Gasteiger partial charge in [-0.3, -0.25) is 0 Å². The SMILES string of the molecule is COc1cccc(CNC(Cc2ccsc2)c2nc(C)c(C)s2)c1OC. The van der Waals surface area contributed by atoms with Crippen LogP contribution in [0.1, 0.15) is 32.7 Å². The average Bonchev–Trinajstić information content (AvgIpc) is 3.28. The molecule has 0 aliphatic rings. The monoisotopic (exact) mass is 388 g/mol. The Morgan fingerprint density at radius 3 is 2.62 bits per heavy atom. The largest absolute Gasteiger partial charge is 0.493 e. The van der Waals surface area contributed by atoms with Gasteiger partial charge in [0.05, 0.1) is 26.0 Å². The van der Waals surface area contributed by atoms with Gasteiger partial charge in [0, 0.05) is 17.0 Å². The quantitative estimate of drug-likeness (QED) is 0.595. The van der Waals surface area contributed by atoms with Gasteiger partial charge in [-0.25, -0.2) is 4.98 Å². The van der Waals surface area contributed by atoms with E-state index >= 15 is 0 Å². The van der Waals surface area contributed by atoms with Crippen LogP contribution in [0.4, 0.5) is 0 Å². The number of aromatic nitrogens is 1. The summed E-state index contributed by atoms with van der Waals surface area (Å²) < 4.78 is 11.0. The number of methoxy groups -OCH3 is 2. The lowest BCUT2D eigenvalue weighted by Crippen LogP contribution is -2.23. The van der Waals surface area contributed by atoms with E-state index in [0.29, 0.717) is 6.54 Å². The van der Waals surface area contributed by atoms with Crippen LogP contribution in [0, 0.1) is 13.8 Å². The van der Waals surface area contributed by atoms with Crippen LogP contribution in [0.15, 0.2) is 35.0 Å². The molecule has 2 aromatic heterocycles. The fourth-order valence-electron chi connectivity index (χ4n) is 2.86. The smallest absolute Gasteiger partial charge is 0.165 e. The number of hydrogen-bond donors (Lipinski definition) is 1. The number of thiazole rings is 1. The Kier molecular flexibility index (Phi) is 6.29. The van der Waals surface area contributed by atoms with Crippen molar-refractivity contribution in [3.05, 3.63) is 61.7 Å². The first-order chi connectivity index (χ1) is 12.6. The molecule has 6 heteroatoms. The highest BCUT2D eigenvalue weighted by Gasteiger charge is 2.19. The second-order valence-electron chi connectivity index (χ2n) is 6.12. The highest BCUT2D eigenvalue weighted by atomic mass is 32.1. The third-order valence-electron chi connectivity index (χ3n) is 4.39. The molecule has 138 valence electrons. The highest BCUT2D eigenvalue weighted by Crippen LogP contribution is 2.32. The van der Waals surface area contributed by atoms with Crippen LogP contribution in [0.3, 0.4) is 0 Å². The zero-order valence-corrected chi connectivity index (χ0v) is 17.2. The highest BCUT2D eigenvalue weighted by molar-refractivity contribution is 7.11. The molecule has 26 heavy (non-hydrogen) atoms. The van der Waals surface area contributed by atoms with E-state index in [9.17, 15) is 0 Å². The van der Waals surface area contributed by atoms with E-state index in [1.165, 1.54) is 10.4 Å². The van der Waals surface area contributed by atoms with Gasteiger partial charge in [0.25, 0.3) is 0 Å². The minimum Gasteiger partial charge on any atom is -0.493 e. The minimum atomic E-state index is 0.165. The van der Waals surface area contributed by atoms with E-state index in [-0.39, 0.29) is 6.04 Å². The molecule has 3 aromatic rings. The minimum absolute atomic E-state index is 0.165. The predicted molar refractivity (Wildman–Crippen MR) is 109 cm³/mol. The summed E-state index contributed by atoms with van der Waals surface area (Å²) in [5.74, 6) is 1.53. The fourth-order valence-corrected chi connectivity index (χ4v) is 4.54. The number of rotatable bonds is 8. The van der Waals surface area contributed by atoms with Gasteiger partial charge in [-0.05, 0) is 48.7 Å². The zero-order valence-electron chi connectivity index (χ0n) is 15.5. The Balaban J connectivity index is 1.82. The van der Waals surface area contributed by atoms with E-state index in [1.54, 1.807) is 36.9 Å². The summed E-state index contributed by atoms with van der Waals surface area (Å²) in [6, 6.07) is 8.31. The van der Waals surface area contributed by atoms with Gasteiger partial charge < -0.3 is 14.8 Å². The molecule has 3 rings (SSSR count). The molecule has 0 radical (unpaired) electrons. The number of aryl methyl sites for hydroxylation is 2. The first kappa shape index (κ1) is 18.9. The number of nitrogens with one attached hydrogen (secondary N) is 1. The first-order valence-electron chi connectivity index (χ1n) is 8.50. The molecule has 0 aliphatic heterocycles. The number of thiophene rings is 1. The molecule has 0 bridgehead atoms. The number of nitrogens with zero attached hydrogens (tertiary/aromatic N) is 1. The van der Waals surface area contributed by atoms with Crippen LogP contribution < -0.4 is 14.8 Å². The summed E-state index contributed by atoms with van der Waals surface area (Å²) in [4.78, 5) is 6.06. The van der Waals surface area contributed by atoms with Crippen LogP contribution in [-0.2, 0) is 13.0 Å². The van der Waals surface area contributed by atoms with E-state index in [2.05, 4.69) is 42.1 Å². The van der Waals surface area contributed by atoms with Crippen molar-refractivity contribution in [2.75, 3.05) is 14.2 Å². The lowest BCUT2D eigenvalue weighted by Gasteiger charge is -2.18. The van der Waals surface area contributed by atoms with Gasteiger partial charge in [0.15, 0.2) is 11.5 Å². The number of ether oxygens (including phenoxy) is 2. The standard InChI is InChI=1S/C20H24N2O2S2/c1-13-14(2)26-20(22-13)17(10-15-8-9-25-12-15)21-11-16-6-5-7-18(23-3)19(16)24-4/h5-9,12,17,21H,10-11H2,1-4H3. The molecule has 2 heterocycles. The second kappa shape index (κ2) is 8.66. The number of benzene rings is 1. The normalized spacial score (nSPS) is 12.2. The summed E-state index contributed by atoms with van der Waals surface area (Å²) in [6.45, 7) is 4.89. The molecular formula is C20H24N2O2S2. The van der Waals surface area contributed by atoms with Crippen molar-refractivity contribution in [2.45, 2.75) is 32.9 Å².